The minimum Gasteiger partial charge on any atom is -0.455 e. The molecule has 2 amide bonds. The number of rotatable bonds is 3. The van der Waals surface area contributed by atoms with E-state index in [4.69, 9.17) is 10.2 Å². The van der Waals surface area contributed by atoms with Gasteiger partial charge in [0.05, 0.1) is 11.8 Å². The van der Waals surface area contributed by atoms with E-state index in [2.05, 4.69) is 5.10 Å². The third-order valence-electron chi connectivity index (χ3n) is 2.13. The summed E-state index contributed by atoms with van der Waals surface area (Å²) >= 11 is 0. The molecule has 0 radical (unpaired) electrons. The van der Waals surface area contributed by atoms with Crippen molar-refractivity contribution in [2.24, 2.45) is 10.8 Å². The van der Waals surface area contributed by atoms with Crippen LogP contribution in [0.2, 0.25) is 0 Å². The summed E-state index contributed by atoms with van der Waals surface area (Å²) in [7, 11) is 0. The summed E-state index contributed by atoms with van der Waals surface area (Å²) in [4.78, 5) is 10.4. The second kappa shape index (κ2) is 5.13. The highest BCUT2D eigenvalue weighted by atomic mass is 19.1. The number of nitrogens with one attached hydrogen (secondary N) is 1. The van der Waals surface area contributed by atoms with Crippen molar-refractivity contribution in [3.05, 3.63) is 48.0 Å². The third kappa shape index (κ3) is 2.73. The number of hydrogen-bond donors (Lipinski definition) is 2. The zero-order chi connectivity index (χ0) is 13.0. The van der Waals surface area contributed by atoms with E-state index in [0.29, 0.717) is 17.1 Å². The molecule has 0 unspecified atom stereocenters. The van der Waals surface area contributed by atoms with Crippen LogP contribution in [0, 0.1) is 5.82 Å². The van der Waals surface area contributed by atoms with Crippen molar-refractivity contribution in [1.82, 2.24) is 5.43 Å². The second-order valence-corrected chi connectivity index (χ2v) is 3.42. The van der Waals surface area contributed by atoms with E-state index in [1.54, 1.807) is 30.3 Å². The summed E-state index contributed by atoms with van der Waals surface area (Å²) in [6, 6.07) is 8.71. The average molecular weight is 247 g/mol. The largest absolute Gasteiger partial charge is 0.455 e. The molecule has 3 N–H and O–H groups in total. The van der Waals surface area contributed by atoms with E-state index in [1.165, 1.54) is 12.3 Å². The molecule has 0 saturated heterocycles. The molecule has 5 nitrogen and oxygen atoms in total. The summed E-state index contributed by atoms with van der Waals surface area (Å²) < 4.78 is 18.8. The number of benzene rings is 1. The number of urea groups is 1. The number of carbonyl (C=O) groups excluding carboxylic acids is 1. The molecule has 0 aliphatic heterocycles. The van der Waals surface area contributed by atoms with Gasteiger partial charge in [-0.2, -0.15) is 5.10 Å². The van der Waals surface area contributed by atoms with Gasteiger partial charge in [-0.05, 0) is 24.3 Å². The third-order valence-corrected chi connectivity index (χ3v) is 2.13. The molecule has 2 rings (SSSR count). The van der Waals surface area contributed by atoms with E-state index in [1.807, 2.05) is 5.43 Å². The molecule has 92 valence electrons. The summed E-state index contributed by atoms with van der Waals surface area (Å²) in [5, 5.41) is 3.53. The molecule has 1 heterocycles. The average Bonchev–Trinajstić information content (AvgIpc) is 2.78. The van der Waals surface area contributed by atoms with Crippen molar-refractivity contribution >= 4 is 12.2 Å². The highest BCUT2D eigenvalue weighted by Crippen LogP contribution is 2.23. The fraction of sp³-hybridized carbons (Fsp3) is 0. The summed E-state index contributed by atoms with van der Waals surface area (Å²) in [5.41, 5.74) is 7.22. The van der Waals surface area contributed by atoms with Crippen molar-refractivity contribution < 1.29 is 13.6 Å². The number of carbonyl (C=O) groups is 1. The number of hydrazone groups is 1. The fourth-order valence-electron chi connectivity index (χ4n) is 1.39. The predicted molar refractivity (Wildman–Crippen MR) is 64.4 cm³/mol. The molecule has 1 aromatic heterocycles. The number of hydrogen-bond acceptors (Lipinski definition) is 3. The van der Waals surface area contributed by atoms with Crippen molar-refractivity contribution in [2.45, 2.75) is 0 Å². The van der Waals surface area contributed by atoms with Crippen LogP contribution >= 0.6 is 0 Å². The topological polar surface area (TPSA) is 80.6 Å². The normalized spacial score (nSPS) is 10.7. The minimum atomic E-state index is -0.771. The molecule has 0 bridgehead atoms. The first-order valence-corrected chi connectivity index (χ1v) is 5.10. The maximum absolute atomic E-state index is 13.5. The maximum Gasteiger partial charge on any atom is 0.332 e. The van der Waals surface area contributed by atoms with Crippen LogP contribution in [0.4, 0.5) is 9.18 Å². The van der Waals surface area contributed by atoms with Gasteiger partial charge in [0, 0.05) is 0 Å². The van der Waals surface area contributed by atoms with E-state index in [9.17, 15) is 9.18 Å². The molecule has 0 saturated carbocycles. The quantitative estimate of drug-likeness (QED) is 0.643. The zero-order valence-electron chi connectivity index (χ0n) is 9.26. The lowest BCUT2D eigenvalue weighted by atomic mass is 10.1. The molecule has 0 atom stereocenters. The molecule has 6 heteroatoms. The highest BCUT2D eigenvalue weighted by molar-refractivity contribution is 5.79. The second-order valence-electron chi connectivity index (χ2n) is 3.42. The molecule has 0 spiro atoms. The summed E-state index contributed by atoms with van der Waals surface area (Å²) in [6.45, 7) is 0. The Morgan fingerprint density at radius 3 is 2.83 bits per heavy atom. The Kier molecular flexibility index (Phi) is 3.38. The number of furan rings is 1. The molecular weight excluding hydrogens is 237 g/mol. The van der Waals surface area contributed by atoms with Gasteiger partial charge in [-0.3, -0.25) is 0 Å². The zero-order valence-corrected chi connectivity index (χ0v) is 9.26. The van der Waals surface area contributed by atoms with Crippen LogP contribution in [0.15, 0.2) is 45.9 Å². The SMILES string of the molecule is NC(=O)N/N=C\c1ccc(-c2ccccc2F)o1. The van der Waals surface area contributed by atoms with Gasteiger partial charge < -0.3 is 10.2 Å². The maximum atomic E-state index is 13.5. The first kappa shape index (κ1) is 11.8. The number of nitrogens with two attached hydrogens (primary N) is 1. The number of primary amides is 1. The molecule has 0 aliphatic carbocycles. The molecule has 2 aromatic rings. The molecule has 0 fully saturated rings. The first-order valence-electron chi connectivity index (χ1n) is 5.10. The highest BCUT2D eigenvalue weighted by Gasteiger charge is 2.07. The van der Waals surface area contributed by atoms with Gasteiger partial charge in [-0.15, -0.1) is 0 Å². The molecular formula is C12H10FN3O2. The lowest BCUT2D eigenvalue weighted by molar-refractivity contribution is 0.249. The van der Waals surface area contributed by atoms with Gasteiger partial charge in [-0.25, -0.2) is 14.6 Å². The van der Waals surface area contributed by atoms with Gasteiger partial charge >= 0.3 is 6.03 Å². The number of nitrogens with zero attached hydrogens (tertiary/aromatic N) is 1. The van der Waals surface area contributed by atoms with Gasteiger partial charge in [0.15, 0.2) is 0 Å². The van der Waals surface area contributed by atoms with Crippen LogP contribution in [-0.2, 0) is 0 Å². The van der Waals surface area contributed by atoms with E-state index in [0.717, 1.165) is 0 Å². The van der Waals surface area contributed by atoms with Gasteiger partial charge in [0.2, 0.25) is 0 Å². The molecule has 18 heavy (non-hydrogen) atoms. The molecule has 1 aromatic carbocycles. The number of amides is 2. The van der Waals surface area contributed by atoms with Crippen molar-refractivity contribution in [1.29, 1.82) is 0 Å². The summed E-state index contributed by atoms with van der Waals surface area (Å²) in [5.74, 6) is 0.390. The van der Waals surface area contributed by atoms with Crippen LogP contribution in [0.3, 0.4) is 0 Å². The van der Waals surface area contributed by atoms with Gasteiger partial charge in [-0.1, -0.05) is 12.1 Å². The van der Waals surface area contributed by atoms with Gasteiger partial charge in [0.1, 0.15) is 17.3 Å². The van der Waals surface area contributed by atoms with E-state index >= 15 is 0 Å². The van der Waals surface area contributed by atoms with E-state index < -0.39 is 6.03 Å². The van der Waals surface area contributed by atoms with Crippen molar-refractivity contribution in [3.63, 3.8) is 0 Å². The lowest BCUT2D eigenvalue weighted by Gasteiger charge is -1.97. The standard InChI is InChI=1S/C12H10FN3O2/c13-10-4-2-1-3-9(10)11-6-5-8(18-11)7-15-16-12(14)17/h1-7H,(H3,14,16,17)/b15-7-. The Morgan fingerprint density at radius 1 is 1.33 bits per heavy atom. The van der Waals surface area contributed by atoms with Crippen LogP contribution < -0.4 is 11.2 Å². The Labute approximate surface area is 102 Å². The monoisotopic (exact) mass is 247 g/mol. The first-order chi connectivity index (χ1) is 8.66. The Hall–Kier alpha value is -2.63. The van der Waals surface area contributed by atoms with Crippen LogP contribution in [0.1, 0.15) is 5.76 Å². The fourth-order valence-corrected chi connectivity index (χ4v) is 1.39. The smallest absolute Gasteiger partial charge is 0.332 e. The van der Waals surface area contributed by atoms with E-state index in [-0.39, 0.29) is 5.82 Å². The Morgan fingerprint density at radius 2 is 2.11 bits per heavy atom. The van der Waals surface area contributed by atoms with Crippen LogP contribution in [-0.4, -0.2) is 12.2 Å². The van der Waals surface area contributed by atoms with Crippen LogP contribution in [0.5, 0.6) is 0 Å². The summed E-state index contributed by atoms with van der Waals surface area (Å²) in [6.07, 6.45) is 1.27. The predicted octanol–water partition coefficient (Wildman–Crippen LogP) is 2.09. The van der Waals surface area contributed by atoms with Gasteiger partial charge in [0.25, 0.3) is 0 Å². The van der Waals surface area contributed by atoms with Crippen LogP contribution in [0.25, 0.3) is 11.3 Å². The lowest BCUT2D eigenvalue weighted by Crippen LogP contribution is -2.24. The minimum absolute atomic E-state index is 0.361. The Balaban J connectivity index is 2.18. The molecule has 0 aliphatic rings. The number of halogens is 1. The van der Waals surface area contributed by atoms with Crippen molar-refractivity contribution in [2.75, 3.05) is 0 Å². The Bertz CT molecular complexity index is 593. The van der Waals surface area contributed by atoms with Crippen molar-refractivity contribution in [3.8, 4) is 11.3 Å².